The summed E-state index contributed by atoms with van der Waals surface area (Å²) in [5, 5.41) is 15.9. The molecule has 0 aliphatic rings. The third-order valence-electron chi connectivity index (χ3n) is 3.43. The molecule has 0 atom stereocenters. The van der Waals surface area contributed by atoms with Crippen LogP contribution in [0.2, 0.25) is 0 Å². The zero-order chi connectivity index (χ0) is 19.6. The van der Waals surface area contributed by atoms with Crippen LogP contribution in [0.4, 0.5) is 5.69 Å². The summed E-state index contributed by atoms with van der Waals surface area (Å²) < 4.78 is 4.97. The van der Waals surface area contributed by atoms with E-state index in [1.54, 1.807) is 42.6 Å². The summed E-state index contributed by atoms with van der Waals surface area (Å²) in [7, 11) is 1.44. The number of nitrogens with one attached hydrogen (secondary N) is 1. The number of ether oxygens (including phenoxy) is 1. The molecular weight excluding hydrogens is 344 g/mol. The Morgan fingerprint density at radius 3 is 2.81 bits per heavy atom. The molecule has 2 rings (SSSR count). The highest BCUT2D eigenvalue weighted by Crippen LogP contribution is 2.26. The average Bonchev–Trinajstić information content (AvgIpc) is 2.67. The Hall–Kier alpha value is -3.87. The first kappa shape index (κ1) is 19.5. The summed E-state index contributed by atoms with van der Waals surface area (Å²) in [4.78, 5) is 16.6. The first-order valence-corrected chi connectivity index (χ1v) is 7.95. The fourth-order valence-electron chi connectivity index (χ4n) is 2.14. The number of hydrogen-bond acceptors (Lipinski definition) is 6. The Kier molecular flexibility index (Phi) is 6.90. The van der Waals surface area contributed by atoms with E-state index in [0.29, 0.717) is 22.7 Å². The van der Waals surface area contributed by atoms with Crippen LogP contribution in [0.15, 0.2) is 77.0 Å². The number of anilines is 1. The lowest BCUT2D eigenvalue weighted by Gasteiger charge is -2.08. The van der Waals surface area contributed by atoms with E-state index in [4.69, 9.17) is 10.6 Å². The van der Waals surface area contributed by atoms with Gasteiger partial charge in [0.15, 0.2) is 11.5 Å². The van der Waals surface area contributed by atoms with E-state index >= 15 is 0 Å². The largest absolute Gasteiger partial charge is 0.504 e. The molecule has 4 N–H and O–H groups in total. The smallest absolute Gasteiger partial charge is 0.255 e. The Morgan fingerprint density at radius 2 is 2.11 bits per heavy atom. The lowest BCUT2D eigenvalue weighted by Crippen LogP contribution is -2.12. The second-order valence-corrected chi connectivity index (χ2v) is 5.37. The van der Waals surface area contributed by atoms with Crippen LogP contribution in [0.25, 0.3) is 0 Å². The van der Waals surface area contributed by atoms with Crippen LogP contribution in [0, 0.1) is 0 Å². The van der Waals surface area contributed by atoms with Crippen LogP contribution in [0.5, 0.6) is 11.5 Å². The number of phenols is 1. The van der Waals surface area contributed by atoms with Crippen molar-refractivity contribution in [2.24, 2.45) is 15.9 Å². The number of carbonyl (C=O) groups is 1. The van der Waals surface area contributed by atoms with Crippen molar-refractivity contribution in [1.82, 2.24) is 0 Å². The number of nitrogens with zero attached hydrogens (tertiary/aromatic N) is 2. The highest BCUT2D eigenvalue weighted by molar-refractivity contribution is 6.05. The van der Waals surface area contributed by atoms with Crippen LogP contribution in [0.1, 0.15) is 15.9 Å². The number of nitrogens with two attached hydrogens (primary N) is 1. The van der Waals surface area contributed by atoms with Crippen LogP contribution >= 0.6 is 0 Å². The van der Waals surface area contributed by atoms with Crippen molar-refractivity contribution < 1.29 is 14.6 Å². The zero-order valence-corrected chi connectivity index (χ0v) is 14.8. The Labute approximate surface area is 157 Å². The number of methoxy groups -OCH3 is 1. The van der Waals surface area contributed by atoms with E-state index in [2.05, 4.69) is 22.0 Å². The fraction of sp³-hybridized carbons (Fsp3) is 0.0500. The molecule has 0 saturated heterocycles. The van der Waals surface area contributed by atoms with Crippen LogP contribution in [0.3, 0.4) is 0 Å². The van der Waals surface area contributed by atoms with Crippen molar-refractivity contribution in [2.75, 3.05) is 12.4 Å². The number of aliphatic imine (C=N–C) groups is 1. The minimum Gasteiger partial charge on any atom is -0.504 e. The molecule has 0 bridgehead atoms. The number of aromatic hydroxyl groups is 1. The zero-order valence-electron chi connectivity index (χ0n) is 14.8. The molecule has 2 aromatic rings. The molecule has 0 heterocycles. The van der Waals surface area contributed by atoms with Crippen LogP contribution in [-0.4, -0.2) is 30.6 Å². The molecule has 1 amide bonds. The van der Waals surface area contributed by atoms with Gasteiger partial charge in [-0.3, -0.25) is 9.79 Å². The van der Waals surface area contributed by atoms with Crippen molar-refractivity contribution in [3.63, 3.8) is 0 Å². The van der Waals surface area contributed by atoms with Gasteiger partial charge in [-0.25, -0.2) is 0 Å². The Bertz CT molecular complexity index is 917. The fourth-order valence-corrected chi connectivity index (χ4v) is 2.14. The second kappa shape index (κ2) is 9.57. The van der Waals surface area contributed by atoms with Crippen molar-refractivity contribution in [2.45, 2.75) is 0 Å². The summed E-state index contributed by atoms with van der Waals surface area (Å²) in [5.74, 6) is 4.85. The summed E-state index contributed by atoms with van der Waals surface area (Å²) in [5.41, 5.74) is 2.22. The van der Waals surface area contributed by atoms with E-state index in [1.165, 1.54) is 25.5 Å². The maximum absolute atomic E-state index is 12.3. The molecule has 138 valence electrons. The molecule has 0 aliphatic heterocycles. The highest BCUT2D eigenvalue weighted by Gasteiger charge is 2.10. The Balaban J connectivity index is 2.07. The molecular formula is C20H20N4O3. The van der Waals surface area contributed by atoms with Crippen molar-refractivity contribution in [3.05, 3.63) is 78.0 Å². The molecule has 27 heavy (non-hydrogen) atoms. The molecule has 0 unspecified atom stereocenters. The van der Waals surface area contributed by atoms with E-state index in [-0.39, 0.29) is 11.7 Å². The first-order chi connectivity index (χ1) is 13.0. The lowest BCUT2D eigenvalue weighted by molar-refractivity contribution is 0.102. The van der Waals surface area contributed by atoms with Gasteiger partial charge in [-0.2, -0.15) is 5.10 Å². The number of allylic oxidation sites excluding steroid dienone is 2. The van der Waals surface area contributed by atoms with E-state index in [0.717, 1.165) is 5.56 Å². The van der Waals surface area contributed by atoms with Gasteiger partial charge in [-0.15, -0.1) is 0 Å². The quantitative estimate of drug-likeness (QED) is 0.303. The van der Waals surface area contributed by atoms with Crippen molar-refractivity contribution in [3.8, 4) is 11.5 Å². The predicted octanol–water partition coefficient (Wildman–Crippen LogP) is 3.09. The number of amides is 1. The topological polar surface area (TPSA) is 109 Å². The van der Waals surface area contributed by atoms with Crippen LogP contribution in [-0.2, 0) is 0 Å². The van der Waals surface area contributed by atoms with Gasteiger partial charge in [0.2, 0.25) is 0 Å². The monoisotopic (exact) mass is 364 g/mol. The van der Waals surface area contributed by atoms with Gasteiger partial charge in [0, 0.05) is 23.7 Å². The molecule has 7 nitrogen and oxygen atoms in total. The lowest BCUT2D eigenvalue weighted by atomic mass is 10.1. The van der Waals surface area contributed by atoms with Gasteiger partial charge < -0.3 is 21.0 Å². The molecule has 0 radical (unpaired) electrons. The van der Waals surface area contributed by atoms with E-state index in [1.807, 2.05) is 6.07 Å². The van der Waals surface area contributed by atoms with Gasteiger partial charge in [0.1, 0.15) is 0 Å². The first-order valence-electron chi connectivity index (χ1n) is 7.95. The molecule has 0 spiro atoms. The van der Waals surface area contributed by atoms with Gasteiger partial charge in [0.05, 0.1) is 12.8 Å². The minimum atomic E-state index is -0.351. The standard InChI is InChI=1S/C20H20N4O3/c1-14(5-4-10-23-21)22-13-15-6-3-7-17(11-15)24-20(26)16-8-9-19(27-2)18(25)12-16/h3-13,25H,1,21H2,2H3,(H,24,26)/b5-4-,22-13?,23-10-. The molecule has 2 aromatic carbocycles. The third-order valence-corrected chi connectivity index (χ3v) is 3.43. The van der Waals surface area contributed by atoms with Crippen molar-refractivity contribution in [1.29, 1.82) is 0 Å². The molecule has 7 heteroatoms. The Morgan fingerprint density at radius 1 is 1.30 bits per heavy atom. The molecule has 0 aliphatic carbocycles. The molecule has 0 aromatic heterocycles. The van der Waals surface area contributed by atoms with Gasteiger partial charge in [-0.05, 0) is 48.0 Å². The number of carbonyl (C=O) groups excluding carboxylic acids is 1. The number of benzene rings is 2. The average molecular weight is 364 g/mol. The number of phenolic OH excluding ortho intramolecular Hbond substituents is 1. The maximum atomic E-state index is 12.3. The summed E-state index contributed by atoms with van der Waals surface area (Å²) in [6.45, 7) is 3.78. The normalized spacial score (nSPS) is 11.3. The number of hydrazone groups is 1. The van der Waals surface area contributed by atoms with Gasteiger partial charge in [-0.1, -0.05) is 18.7 Å². The summed E-state index contributed by atoms with van der Waals surface area (Å²) in [6, 6.07) is 11.6. The summed E-state index contributed by atoms with van der Waals surface area (Å²) in [6.07, 6.45) is 6.34. The third kappa shape index (κ3) is 5.86. The number of hydrogen-bond donors (Lipinski definition) is 3. The van der Waals surface area contributed by atoms with Crippen LogP contribution < -0.4 is 15.9 Å². The van der Waals surface area contributed by atoms with E-state index in [9.17, 15) is 9.90 Å². The number of rotatable bonds is 7. The maximum Gasteiger partial charge on any atom is 0.255 e. The van der Waals surface area contributed by atoms with E-state index < -0.39 is 0 Å². The van der Waals surface area contributed by atoms with Crippen molar-refractivity contribution >= 4 is 24.0 Å². The van der Waals surface area contributed by atoms with Gasteiger partial charge in [0.25, 0.3) is 5.91 Å². The molecule has 0 saturated carbocycles. The summed E-state index contributed by atoms with van der Waals surface area (Å²) >= 11 is 0. The van der Waals surface area contributed by atoms with Gasteiger partial charge >= 0.3 is 0 Å². The predicted molar refractivity (Wildman–Crippen MR) is 108 cm³/mol. The second-order valence-electron chi connectivity index (χ2n) is 5.37. The molecule has 0 fully saturated rings. The highest BCUT2D eigenvalue weighted by atomic mass is 16.5. The SMILES string of the molecule is C=C(/C=C\C=N/N)N=Cc1cccc(NC(=O)c2ccc(OC)c(O)c2)c1. The minimum absolute atomic E-state index is 0.0997.